The molecule has 5 nitrogen and oxygen atoms in total. The molecule has 116 valence electrons. The lowest BCUT2D eigenvalue weighted by atomic mass is 9.56. The first-order valence-electron chi connectivity index (χ1n) is 8.38. The molecule has 6 aliphatic rings. The van der Waals surface area contributed by atoms with E-state index in [1.165, 1.54) is 0 Å². The van der Waals surface area contributed by atoms with Crippen molar-refractivity contribution in [1.82, 2.24) is 5.32 Å². The van der Waals surface area contributed by atoms with Gasteiger partial charge in [-0.2, -0.15) is 0 Å². The van der Waals surface area contributed by atoms with Crippen molar-refractivity contribution in [3.8, 4) is 0 Å². The second-order valence-corrected chi connectivity index (χ2v) is 7.93. The topological polar surface area (TPSA) is 67.8 Å². The van der Waals surface area contributed by atoms with Gasteiger partial charge in [-0.1, -0.05) is 0 Å². The van der Waals surface area contributed by atoms with Crippen molar-refractivity contribution < 1.29 is 19.4 Å². The number of ether oxygens (including phenoxy) is 2. The number of aliphatic hydroxyl groups excluding tert-OH is 1. The van der Waals surface area contributed by atoms with Gasteiger partial charge in [-0.25, -0.2) is 0 Å². The monoisotopic (exact) mass is 293 g/mol. The molecule has 2 aliphatic carbocycles. The molecule has 4 saturated heterocycles. The summed E-state index contributed by atoms with van der Waals surface area (Å²) in [6, 6.07) is 0. The smallest absolute Gasteiger partial charge is 0.226 e. The van der Waals surface area contributed by atoms with Crippen LogP contribution >= 0.6 is 0 Å². The summed E-state index contributed by atoms with van der Waals surface area (Å²) in [4.78, 5) is 12.7. The zero-order valence-electron chi connectivity index (χ0n) is 12.3. The summed E-state index contributed by atoms with van der Waals surface area (Å²) >= 11 is 0. The van der Waals surface area contributed by atoms with E-state index in [0.717, 1.165) is 51.4 Å². The van der Waals surface area contributed by atoms with Gasteiger partial charge in [0.05, 0.1) is 41.5 Å². The van der Waals surface area contributed by atoms with E-state index in [9.17, 15) is 9.90 Å². The minimum absolute atomic E-state index is 0.0278. The van der Waals surface area contributed by atoms with Crippen LogP contribution in [0.15, 0.2) is 0 Å². The molecule has 0 aromatic rings. The number of hydrogen-bond acceptors (Lipinski definition) is 4. The average molecular weight is 293 g/mol. The van der Waals surface area contributed by atoms with Crippen molar-refractivity contribution in [1.29, 1.82) is 0 Å². The number of carbonyl (C=O) groups is 1. The van der Waals surface area contributed by atoms with Gasteiger partial charge in [0.25, 0.3) is 0 Å². The fraction of sp³-hybridized carbons (Fsp3) is 0.938. The van der Waals surface area contributed by atoms with Gasteiger partial charge in [0.15, 0.2) is 0 Å². The van der Waals surface area contributed by atoms with Gasteiger partial charge in [-0.05, 0) is 38.5 Å². The Morgan fingerprint density at radius 2 is 2.10 bits per heavy atom. The molecule has 0 radical (unpaired) electrons. The van der Waals surface area contributed by atoms with Crippen molar-refractivity contribution in [3.63, 3.8) is 0 Å². The molecule has 4 bridgehead atoms. The second-order valence-electron chi connectivity index (χ2n) is 7.93. The Morgan fingerprint density at radius 3 is 2.62 bits per heavy atom. The fourth-order valence-corrected chi connectivity index (χ4v) is 5.62. The summed E-state index contributed by atoms with van der Waals surface area (Å²) < 4.78 is 12.0. The largest absolute Gasteiger partial charge is 0.393 e. The first-order valence-corrected chi connectivity index (χ1v) is 8.38. The first-order chi connectivity index (χ1) is 10.1. The molecule has 4 aliphatic heterocycles. The molecule has 3 atom stereocenters. The van der Waals surface area contributed by atoms with Crippen molar-refractivity contribution in [2.75, 3.05) is 6.61 Å². The molecule has 2 saturated carbocycles. The van der Waals surface area contributed by atoms with Gasteiger partial charge in [0.1, 0.15) is 0 Å². The highest BCUT2D eigenvalue weighted by atomic mass is 16.6. The van der Waals surface area contributed by atoms with E-state index < -0.39 is 0 Å². The van der Waals surface area contributed by atoms with Crippen LogP contribution in [0.5, 0.6) is 0 Å². The highest BCUT2D eigenvalue weighted by Gasteiger charge is 2.76. The lowest BCUT2D eigenvalue weighted by Crippen LogP contribution is -2.69. The normalized spacial score (nSPS) is 51.8. The van der Waals surface area contributed by atoms with Gasteiger partial charge in [-0.15, -0.1) is 0 Å². The zero-order chi connectivity index (χ0) is 14.3. The van der Waals surface area contributed by atoms with Crippen LogP contribution in [0.1, 0.15) is 51.4 Å². The van der Waals surface area contributed by atoms with Crippen molar-refractivity contribution in [2.24, 2.45) is 5.92 Å². The number of rotatable bonds is 3. The molecular formula is C16H23NO4. The Kier molecular flexibility index (Phi) is 2.33. The van der Waals surface area contributed by atoms with E-state index in [2.05, 4.69) is 5.32 Å². The van der Waals surface area contributed by atoms with Crippen LogP contribution in [0.4, 0.5) is 0 Å². The fourth-order valence-electron chi connectivity index (χ4n) is 5.62. The van der Waals surface area contributed by atoms with Gasteiger partial charge < -0.3 is 19.9 Å². The van der Waals surface area contributed by atoms with Crippen LogP contribution in [0.25, 0.3) is 0 Å². The van der Waals surface area contributed by atoms with Crippen LogP contribution in [-0.2, 0) is 14.3 Å². The van der Waals surface area contributed by atoms with Gasteiger partial charge in [0, 0.05) is 12.8 Å². The lowest BCUT2D eigenvalue weighted by Gasteiger charge is -2.52. The van der Waals surface area contributed by atoms with Crippen LogP contribution in [0.2, 0.25) is 0 Å². The summed E-state index contributed by atoms with van der Waals surface area (Å²) in [5, 5.41) is 12.9. The Morgan fingerprint density at radius 1 is 1.29 bits per heavy atom. The SMILES string of the molecule is O=C(NC12CC(CO)(C1)OC21CCC1)C1CC2CCC1O2. The summed E-state index contributed by atoms with van der Waals surface area (Å²) in [5.41, 5.74) is -0.782. The quantitative estimate of drug-likeness (QED) is 0.811. The molecule has 6 fully saturated rings. The Hall–Kier alpha value is -0.650. The number of carbonyl (C=O) groups excluding carboxylic acids is 1. The highest BCUT2D eigenvalue weighted by Crippen LogP contribution is 2.66. The molecule has 0 aromatic heterocycles. The molecule has 3 unspecified atom stereocenters. The molecule has 1 amide bonds. The average Bonchev–Trinajstić information content (AvgIpc) is 3.11. The molecule has 2 N–H and O–H groups in total. The third kappa shape index (κ3) is 1.45. The Labute approximate surface area is 124 Å². The van der Waals surface area contributed by atoms with Gasteiger partial charge in [0.2, 0.25) is 5.91 Å². The second kappa shape index (κ2) is 3.81. The maximum atomic E-state index is 12.7. The number of fused-ring (bicyclic) bond motifs is 2. The van der Waals surface area contributed by atoms with Crippen molar-refractivity contribution >= 4 is 5.91 Å². The summed E-state index contributed by atoms with van der Waals surface area (Å²) in [7, 11) is 0. The van der Waals surface area contributed by atoms with Crippen LogP contribution in [-0.4, -0.2) is 46.6 Å². The van der Waals surface area contributed by atoms with Gasteiger partial charge >= 0.3 is 0 Å². The van der Waals surface area contributed by atoms with Gasteiger partial charge in [-0.3, -0.25) is 4.79 Å². The van der Waals surface area contributed by atoms with Crippen molar-refractivity contribution in [3.05, 3.63) is 0 Å². The van der Waals surface area contributed by atoms with E-state index in [1.807, 2.05) is 0 Å². The maximum absolute atomic E-state index is 12.7. The third-order valence-electron chi connectivity index (χ3n) is 6.79. The third-order valence-corrected chi connectivity index (χ3v) is 6.79. The summed E-state index contributed by atoms with van der Waals surface area (Å²) in [6.45, 7) is 0.0730. The molecule has 21 heavy (non-hydrogen) atoms. The van der Waals surface area contributed by atoms with E-state index in [4.69, 9.17) is 9.47 Å². The van der Waals surface area contributed by atoms with Crippen LogP contribution in [0, 0.1) is 5.92 Å². The molecule has 0 aromatic carbocycles. The standard InChI is InChI=1S/C16H23NO4/c18-9-14-7-15(8-14,16(21-14)4-1-5-16)17-13(19)11-6-10-2-3-12(11)20-10/h10-12,18H,1-9H2,(H,17,19). The summed E-state index contributed by atoms with van der Waals surface area (Å²) in [5.74, 6) is 0.186. The molecule has 5 heteroatoms. The number of nitrogens with one attached hydrogen (secondary N) is 1. The number of aliphatic hydroxyl groups is 1. The number of amides is 1. The Balaban J connectivity index is 1.35. The minimum Gasteiger partial charge on any atom is -0.393 e. The summed E-state index contributed by atoms with van der Waals surface area (Å²) in [6.07, 6.45) is 8.21. The maximum Gasteiger partial charge on any atom is 0.226 e. The molecule has 6 rings (SSSR count). The lowest BCUT2D eigenvalue weighted by molar-refractivity contribution is -0.134. The van der Waals surface area contributed by atoms with E-state index in [0.29, 0.717) is 6.10 Å². The van der Waals surface area contributed by atoms with Crippen LogP contribution in [0.3, 0.4) is 0 Å². The first kappa shape index (κ1) is 12.9. The molecule has 4 heterocycles. The number of hydrogen-bond donors (Lipinski definition) is 2. The van der Waals surface area contributed by atoms with E-state index in [1.54, 1.807) is 0 Å². The highest BCUT2D eigenvalue weighted by molar-refractivity contribution is 5.81. The predicted octanol–water partition coefficient (Wildman–Crippen LogP) is 0.887. The predicted molar refractivity (Wildman–Crippen MR) is 73.6 cm³/mol. The van der Waals surface area contributed by atoms with E-state index >= 15 is 0 Å². The van der Waals surface area contributed by atoms with E-state index in [-0.39, 0.29) is 41.3 Å². The Bertz CT molecular complexity index is 495. The van der Waals surface area contributed by atoms with Crippen LogP contribution < -0.4 is 5.32 Å². The molecule has 1 spiro atoms. The molecular weight excluding hydrogens is 270 g/mol. The minimum atomic E-state index is -0.376. The zero-order valence-corrected chi connectivity index (χ0v) is 12.3. The van der Waals surface area contributed by atoms with Crippen molar-refractivity contribution in [2.45, 2.75) is 80.3 Å².